The first-order valence-corrected chi connectivity index (χ1v) is 2.71. The average Bonchev–Trinajstić information content (AvgIpc) is 1.83. The van der Waals surface area contributed by atoms with Crippen LogP contribution in [-0.2, 0) is 4.74 Å². The molecule has 46 valence electrons. The molecule has 1 unspecified atom stereocenters. The molecule has 0 aliphatic rings. The van der Waals surface area contributed by atoms with Crippen LogP contribution in [0, 0.1) is 11.3 Å². The highest BCUT2D eigenvalue weighted by molar-refractivity contribution is 4.70. The second kappa shape index (κ2) is 4.61. The number of nitrogens with zero attached hydrogens (tertiary/aromatic N) is 1. The maximum Gasteiger partial charge on any atom is 0.0622 e. The lowest BCUT2D eigenvalue weighted by Crippen LogP contribution is -2.02. The molecule has 0 aromatic heterocycles. The van der Waals surface area contributed by atoms with Crippen molar-refractivity contribution in [1.82, 2.24) is 0 Å². The maximum absolute atomic E-state index is 8.11. The van der Waals surface area contributed by atoms with E-state index in [2.05, 4.69) is 6.07 Å². The molecule has 0 rings (SSSR count). The molecule has 0 spiro atoms. The Bertz CT molecular complexity index is 85.0. The summed E-state index contributed by atoms with van der Waals surface area (Å²) < 4.78 is 4.90. The number of hydrogen-bond donors (Lipinski definition) is 0. The van der Waals surface area contributed by atoms with Crippen molar-refractivity contribution in [1.29, 1.82) is 5.26 Å². The maximum atomic E-state index is 8.11. The quantitative estimate of drug-likeness (QED) is 0.553. The standard InChI is InChI=1S/C6H11NO/c1-6(8-2)4-3-5-7/h6H,3-4H2,1-2H3. The second-order valence-electron chi connectivity index (χ2n) is 1.74. The summed E-state index contributed by atoms with van der Waals surface area (Å²) in [6.45, 7) is 1.96. The fourth-order valence-electron chi connectivity index (χ4n) is 0.386. The summed E-state index contributed by atoms with van der Waals surface area (Å²) in [6.07, 6.45) is 1.66. The molecule has 0 aliphatic carbocycles. The van der Waals surface area contributed by atoms with Crippen molar-refractivity contribution in [3.8, 4) is 6.07 Å². The summed E-state index contributed by atoms with van der Waals surface area (Å²) in [6, 6.07) is 2.05. The third kappa shape index (κ3) is 3.63. The van der Waals surface area contributed by atoms with Gasteiger partial charge in [0.15, 0.2) is 0 Å². The van der Waals surface area contributed by atoms with E-state index >= 15 is 0 Å². The number of ether oxygens (including phenoxy) is 1. The lowest BCUT2D eigenvalue weighted by atomic mass is 10.2. The summed E-state index contributed by atoms with van der Waals surface area (Å²) in [5.41, 5.74) is 0. The molecule has 0 saturated carbocycles. The number of methoxy groups -OCH3 is 1. The van der Waals surface area contributed by atoms with Gasteiger partial charge in [-0.25, -0.2) is 0 Å². The van der Waals surface area contributed by atoms with E-state index in [-0.39, 0.29) is 6.10 Å². The Kier molecular flexibility index (Phi) is 4.29. The van der Waals surface area contributed by atoms with Crippen molar-refractivity contribution < 1.29 is 4.74 Å². The highest BCUT2D eigenvalue weighted by atomic mass is 16.5. The Labute approximate surface area is 50.1 Å². The van der Waals surface area contributed by atoms with Crippen LogP contribution in [0.4, 0.5) is 0 Å². The van der Waals surface area contributed by atoms with Gasteiger partial charge in [-0.3, -0.25) is 0 Å². The highest BCUT2D eigenvalue weighted by Crippen LogP contribution is 1.96. The topological polar surface area (TPSA) is 33.0 Å². The monoisotopic (exact) mass is 113 g/mol. The molecule has 1 atom stereocenters. The van der Waals surface area contributed by atoms with Crippen LogP contribution in [0.3, 0.4) is 0 Å². The first-order chi connectivity index (χ1) is 3.81. The van der Waals surface area contributed by atoms with Gasteiger partial charge in [0.25, 0.3) is 0 Å². The van der Waals surface area contributed by atoms with Gasteiger partial charge < -0.3 is 4.74 Å². The van der Waals surface area contributed by atoms with Crippen molar-refractivity contribution in [3.63, 3.8) is 0 Å². The van der Waals surface area contributed by atoms with Gasteiger partial charge >= 0.3 is 0 Å². The van der Waals surface area contributed by atoms with Crippen molar-refractivity contribution >= 4 is 0 Å². The largest absolute Gasteiger partial charge is 0.382 e. The minimum Gasteiger partial charge on any atom is -0.382 e. The van der Waals surface area contributed by atoms with Crippen LogP contribution < -0.4 is 0 Å². The smallest absolute Gasteiger partial charge is 0.0622 e. The molecule has 0 heterocycles. The summed E-state index contributed by atoms with van der Waals surface area (Å²) in [5, 5.41) is 8.11. The van der Waals surface area contributed by atoms with Crippen LogP contribution in [0.25, 0.3) is 0 Å². The Hall–Kier alpha value is -0.550. The summed E-state index contributed by atoms with van der Waals surface area (Å²) in [4.78, 5) is 0. The van der Waals surface area contributed by atoms with E-state index in [1.807, 2.05) is 6.92 Å². The van der Waals surface area contributed by atoms with Gasteiger partial charge in [0.1, 0.15) is 0 Å². The van der Waals surface area contributed by atoms with Crippen molar-refractivity contribution in [2.45, 2.75) is 25.9 Å². The number of nitriles is 1. The Morgan fingerprint density at radius 2 is 2.38 bits per heavy atom. The summed E-state index contributed by atoms with van der Waals surface area (Å²) >= 11 is 0. The molecule has 0 aromatic rings. The number of rotatable bonds is 3. The van der Waals surface area contributed by atoms with Gasteiger partial charge in [-0.15, -0.1) is 0 Å². The van der Waals surface area contributed by atoms with E-state index in [4.69, 9.17) is 10.00 Å². The molecular weight excluding hydrogens is 102 g/mol. The minimum atomic E-state index is 0.231. The average molecular weight is 113 g/mol. The Morgan fingerprint density at radius 1 is 1.75 bits per heavy atom. The highest BCUT2D eigenvalue weighted by Gasteiger charge is 1.95. The summed E-state index contributed by atoms with van der Waals surface area (Å²) in [7, 11) is 1.65. The zero-order valence-electron chi connectivity index (χ0n) is 5.35. The number of hydrogen-bond acceptors (Lipinski definition) is 2. The molecule has 0 bridgehead atoms. The van der Waals surface area contributed by atoms with Crippen molar-refractivity contribution in [2.75, 3.05) is 7.11 Å². The van der Waals surface area contributed by atoms with Gasteiger partial charge in [0, 0.05) is 13.5 Å². The van der Waals surface area contributed by atoms with E-state index < -0.39 is 0 Å². The molecule has 2 heteroatoms. The van der Waals surface area contributed by atoms with Gasteiger partial charge in [0.05, 0.1) is 12.2 Å². The van der Waals surface area contributed by atoms with E-state index in [0.717, 1.165) is 6.42 Å². The molecule has 0 aliphatic heterocycles. The fraction of sp³-hybridized carbons (Fsp3) is 0.833. The molecule has 8 heavy (non-hydrogen) atoms. The van der Waals surface area contributed by atoms with E-state index in [1.54, 1.807) is 7.11 Å². The first-order valence-electron chi connectivity index (χ1n) is 2.71. The third-order valence-electron chi connectivity index (χ3n) is 1.07. The SMILES string of the molecule is COC(C)CCC#N. The zero-order chi connectivity index (χ0) is 6.41. The fourth-order valence-corrected chi connectivity index (χ4v) is 0.386. The van der Waals surface area contributed by atoms with Crippen LogP contribution in [0.2, 0.25) is 0 Å². The molecule has 0 saturated heterocycles. The van der Waals surface area contributed by atoms with E-state index in [1.165, 1.54) is 0 Å². The molecule has 0 amide bonds. The Morgan fingerprint density at radius 3 is 2.75 bits per heavy atom. The predicted octanol–water partition coefficient (Wildman–Crippen LogP) is 1.33. The van der Waals surface area contributed by atoms with Gasteiger partial charge in [0.2, 0.25) is 0 Å². The Balaban J connectivity index is 3.01. The van der Waals surface area contributed by atoms with Gasteiger partial charge in [-0.05, 0) is 13.3 Å². The van der Waals surface area contributed by atoms with E-state index in [0.29, 0.717) is 6.42 Å². The third-order valence-corrected chi connectivity index (χ3v) is 1.07. The summed E-state index contributed by atoms with van der Waals surface area (Å²) in [5.74, 6) is 0. The molecule has 0 aromatic carbocycles. The molecular formula is C6H11NO. The van der Waals surface area contributed by atoms with Crippen LogP contribution in [0.1, 0.15) is 19.8 Å². The molecule has 2 nitrogen and oxygen atoms in total. The van der Waals surface area contributed by atoms with Crippen LogP contribution >= 0.6 is 0 Å². The lowest BCUT2D eigenvalue weighted by molar-refractivity contribution is 0.112. The van der Waals surface area contributed by atoms with Gasteiger partial charge in [-0.1, -0.05) is 0 Å². The molecule has 0 radical (unpaired) electrons. The minimum absolute atomic E-state index is 0.231. The van der Waals surface area contributed by atoms with Gasteiger partial charge in [-0.2, -0.15) is 5.26 Å². The van der Waals surface area contributed by atoms with Crippen molar-refractivity contribution in [3.05, 3.63) is 0 Å². The lowest BCUT2D eigenvalue weighted by Gasteiger charge is -2.03. The zero-order valence-corrected chi connectivity index (χ0v) is 5.35. The van der Waals surface area contributed by atoms with Crippen LogP contribution in [-0.4, -0.2) is 13.2 Å². The van der Waals surface area contributed by atoms with Crippen LogP contribution in [0.5, 0.6) is 0 Å². The van der Waals surface area contributed by atoms with Crippen LogP contribution in [0.15, 0.2) is 0 Å². The molecule has 0 N–H and O–H groups in total. The first kappa shape index (κ1) is 7.45. The molecule has 0 fully saturated rings. The normalized spacial score (nSPS) is 12.6. The second-order valence-corrected chi connectivity index (χ2v) is 1.74. The van der Waals surface area contributed by atoms with E-state index in [9.17, 15) is 0 Å². The predicted molar refractivity (Wildman–Crippen MR) is 31.3 cm³/mol. The van der Waals surface area contributed by atoms with Crippen molar-refractivity contribution in [2.24, 2.45) is 0 Å².